The molecule has 2 fully saturated rings. The summed E-state index contributed by atoms with van der Waals surface area (Å²) in [7, 11) is 1.28. The van der Waals surface area contributed by atoms with Crippen LogP contribution in [0.3, 0.4) is 0 Å². The number of carbonyl (C=O) groups is 1. The van der Waals surface area contributed by atoms with Crippen LogP contribution in [0.2, 0.25) is 0 Å². The van der Waals surface area contributed by atoms with E-state index in [0.717, 1.165) is 25.7 Å². The molecule has 2 aromatic rings. The smallest absolute Gasteiger partial charge is 0.341 e. The van der Waals surface area contributed by atoms with Gasteiger partial charge in [-0.1, -0.05) is 44.7 Å². The Bertz CT molecular complexity index is 1100. The molecule has 38 heavy (non-hydrogen) atoms. The van der Waals surface area contributed by atoms with Gasteiger partial charge in [0, 0.05) is 0 Å². The summed E-state index contributed by atoms with van der Waals surface area (Å²) in [5.41, 5.74) is 0.219. The molecule has 2 aliphatic carbocycles. The third-order valence-corrected chi connectivity index (χ3v) is 8.52. The van der Waals surface area contributed by atoms with Crippen molar-refractivity contribution < 1.29 is 31.8 Å². The topological polar surface area (TPSA) is 35.5 Å². The molecule has 2 aliphatic rings. The molecular formula is C31H38F4O3. The standard InChI is InChI=1S/C31H38F4O3/c1-3-4-5-6-19-7-9-20(10-8-19)23-15-16-25(29(34)27(23)32)31(36)38-22-13-11-21(12-14-22)24-17-18-26(37-2)30(35)28(24)33/h15-22H,3-14H2,1-2H3. The van der Waals surface area contributed by atoms with Gasteiger partial charge in [-0.05, 0) is 92.4 Å². The van der Waals surface area contributed by atoms with Crippen LogP contribution in [0.15, 0.2) is 24.3 Å². The van der Waals surface area contributed by atoms with Crippen LogP contribution in [-0.2, 0) is 4.74 Å². The van der Waals surface area contributed by atoms with Crippen LogP contribution in [-0.4, -0.2) is 19.2 Å². The van der Waals surface area contributed by atoms with Crippen molar-refractivity contribution in [1.82, 2.24) is 0 Å². The number of halogens is 4. The Labute approximate surface area is 222 Å². The SMILES string of the molecule is CCCCCC1CCC(c2ccc(C(=O)OC3CCC(c4ccc(OC)c(F)c4F)CC3)c(F)c2F)CC1. The lowest BCUT2D eigenvalue weighted by Crippen LogP contribution is -2.25. The Morgan fingerprint density at radius 1 is 0.763 bits per heavy atom. The highest BCUT2D eigenvalue weighted by Crippen LogP contribution is 2.40. The van der Waals surface area contributed by atoms with E-state index in [1.165, 1.54) is 57.1 Å². The monoisotopic (exact) mass is 534 g/mol. The minimum absolute atomic E-state index is 0.0320. The molecule has 0 spiro atoms. The van der Waals surface area contributed by atoms with E-state index in [4.69, 9.17) is 9.47 Å². The summed E-state index contributed by atoms with van der Waals surface area (Å²) >= 11 is 0. The lowest BCUT2D eigenvalue weighted by molar-refractivity contribution is 0.0188. The molecule has 7 heteroatoms. The van der Waals surface area contributed by atoms with Gasteiger partial charge in [-0.2, -0.15) is 4.39 Å². The van der Waals surface area contributed by atoms with E-state index in [1.54, 1.807) is 0 Å². The van der Waals surface area contributed by atoms with Gasteiger partial charge in [0.1, 0.15) is 6.10 Å². The zero-order valence-corrected chi connectivity index (χ0v) is 22.3. The van der Waals surface area contributed by atoms with Gasteiger partial charge < -0.3 is 9.47 Å². The second kappa shape index (κ2) is 13.0. The molecule has 208 valence electrons. The average molecular weight is 535 g/mol. The first-order valence-corrected chi connectivity index (χ1v) is 14.0. The van der Waals surface area contributed by atoms with Crippen molar-refractivity contribution in [1.29, 1.82) is 0 Å². The number of hydrogen-bond donors (Lipinski definition) is 0. The number of esters is 1. The van der Waals surface area contributed by atoms with Crippen molar-refractivity contribution in [3.05, 3.63) is 64.2 Å². The molecule has 0 heterocycles. The lowest BCUT2D eigenvalue weighted by Gasteiger charge is -2.30. The Balaban J connectivity index is 1.32. The molecule has 0 aliphatic heterocycles. The molecule has 0 atom stereocenters. The highest BCUT2D eigenvalue weighted by molar-refractivity contribution is 5.90. The molecule has 0 bridgehead atoms. The molecule has 0 amide bonds. The summed E-state index contributed by atoms with van der Waals surface area (Å²) in [6.07, 6.45) is 9.90. The third kappa shape index (κ3) is 6.35. The van der Waals surface area contributed by atoms with E-state index in [2.05, 4.69) is 6.92 Å². The Kier molecular flexibility index (Phi) is 9.72. The first-order chi connectivity index (χ1) is 18.3. The molecular weight excluding hydrogens is 496 g/mol. The Hall–Kier alpha value is -2.57. The van der Waals surface area contributed by atoms with Crippen LogP contribution in [0.25, 0.3) is 0 Å². The van der Waals surface area contributed by atoms with E-state index in [1.807, 2.05) is 0 Å². The van der Waals surface area contributed by atoms with Crippen LogP contribution >= 0.6 is 0 Å². The van der Waals surface area contributed by atoms with Crippen LogP contribution < -0.4 is 4.74 Å². The molecule has 4 rings (SSSR count). The minimum atomic E-state index is -1.15. The van der Waals surface area contributed by atoms with Gasteiger partial charge in [0.2, 0.25) is 5.82 Å². The summed E-state index contributed by atoms with van der Waals surface area (Å²) < 4.78 is 68.9. The van der Waals surface area contributed by atoms with Gasteiger partial charge >= 0.3 is 5.97 Å². The van der Waals surface area contributed by atoms with E-state index < -0.39 is 40.9 Å². The largest absolute Gasteiger partial charge is 0.494 e. The molecule has 0 aromatic heterocycles. The first-order valence-electron chi connectivity index (χ1n) is 14.0. The van der Waals surface area contributed by atoms with Crippen molar-refractivity contribution >= 4 is 5.97 Å². The average Bonchev–Trinajstić information content (AvgIpc) is 2.93. The number of rotatable bonds is 9. The quantitative estimate of drug-likeness (QED) is 0.183. The van der Waals surface area contributed by atoms with Crippen molar-refractivity contribution in [3.8, 4) is 5.75 Å². The Morgan fingerprint density at radius 3 is 1.95 bits per heavy atom. The van der Waals surface area contributed by atoms with Gasteiger partial charge in [0.15, 0.2) is 23.2 Å². The highest BCUT2D eigenvalue weighted by Gasteiger charge is 2.31. The first kappa shape index (κ1) is 28.4. The second-order valence-electron chi connectivity index (χ2n) is 10.9. The van der Waals surface area contributed by atoms with E-state index in [-0.39, 0.29) is 23.1 Å². The van der Waals surface area contributed by atoms with Crippen LogP contribution in [0.4, 0.5) is 17.6 Å². The van der Waals surface area contributed by atoms with Crippen molar-refractivity contribution in [2.45, 2.75) is 102 Å². The molecule has 0 N–H and O–H groups in total. The second-order valence-corrected chi connectivity index (χ2v) is 10.9. The summed E-state index contributed by atoms with van der Waals surface area (Å²) in [4.78, 5) is 12.7. The molecule has 2 saturated carbocycles. The predicted octanol–water partition coefficient (Wildman–Crippen LogP) is 8.99. The molecule has 0 saturated heterocycles. The van der Waals surface area contributed by atoms with Crippen LogP contribution in [0, 0.1) is 29.2 Å². The Morgan fingerprint density at radius 2 is 1.34 bits per heavy atom. The van der Waals surface area contributed by atoms with Gasteiger partial charge in [-0.3, -0.25) is 0 Å². The summed E-state index contributed by atoms with van der Waals surface area (Å²) in [5.74, 6) is -4.67. The van der Waals surface area contributed by atoms with Crippen LogP contribution in [0.5, 0.6) is 5.75 Å². The molecule has 3 nitrogen and oxygen atoms in total. The fraction of sp³-hybridized carbons (Fsp3) is 0.581. The number of methoxy groups -OCH3 is 1. The number of hydrogen-bond acceptors (Lipinski definition) is 3. The summed E-state index contributed by atoms with van der Waals surface area (Å²) in [6, 6.07) is 5.80. The molecule has 0 unspecified atom stereocenters. The maximum Gasteiger partial charge on any atom is 0.341 e. The number of ether oxygens (including phenoxy) is 2. The summed E-state index contributed by atoms with van der Waals surface area (Å²) in [5, 5.41) is 0. The lowest BCUT2D eigenvalue weighted by atomic mass is 9.76. The number of benzene rings is 2. The fourth-order valence-corrected chi connectivity index (χ4v) is 6.21. The normalized spacial score (nSPS) is 23.7. The van der Waals surface area contributed by atoms with E-state index >= 15 is 4.39 Å². The van der Waals surface area contributed by atoms with Gasteiger partial charge in [0.05, 0.1) is 12.7 Å². The maximum absolute atomic E-state index is 15.0. The fourth-order valence-electron chi connectivity index (χ4n) is 6.21. The van der Waals surface area contributed by atoms with E-state index in [0.29, 0.717) is 37.2 Å². The van der Waals surface area contributed by atoms with Gasteiger partial charge in [-0.15, -0.1) is 0 Å². The molecule has 2 aromatic carbocycles. The maximum atomic E-state index is 15.0. The van der Waals surface area contributed by atoms with Crippen molar-refractivity contribution in [2.75, 3.05) is 7.11 Å². The third-order valence-electron chi connectivity index (χ3n) is 8.52. The molecule has 0 radical (unpaired) electrons. The minimum Gasteiger partial charge on any atom is -0.494 e. The van der Waals surface area contributed by atoms with Crippen molar-refractivity contribution in [3.63, 3.8) is 0 Å². The highest BCUT2D eigenvalue weighted by atomic mass is 19.2. The van der Waals surface area contributed by atoms with Crippen molar-refractivity contribution in [2.24, 2.45) is 5.92 Å². The number of carbonyl (C=O) groups excluding carboxylic acids is 1. The van der Waals surface area contributed by atoms with Crippen LogP contribution in [0.1, 0.15) is 117 Å². The van der Waals surface area contributed by atoms with Gasteiger partial charge in [0.25, 0.3) is 0 Å². The van der Waals surface area contributed by atoms with E-state index in [9.17, 15) is 18.0 Å². The number of unbranched alkanes of at least 4 members (excludes halogenated alkanes) is 2. The predicted molar refractivity (Wildman–Crippen MR) is 139 cm³/mol. The zero-order valence-electron chi connectivity index (χ0n) is 22.3. The summed E-state index contributed by atoms with van der Waals surface area (Å²) in [6.45, 7) is 2.19. The zero-order chi connectivity index (χ0) is 27.2. The van der Waals surface area contributed by atoms with Gasteiger partial charge in [-0.25, -0.2) is 18.0 Å².